The van der Waals surface area contributed by atoms with Crippen LogP contribution >= 0.6 is 0 Å². The molecule has 0 N–H and O–H groups in total. The van der Waals surface area contributed by atoms with Gasteiger partial charge in [0.05, 0.1) is 4.90 Å². The van der Waals surface area contributed by atoms with Crippen LogP contribution in [0.5, 0.6) is 0 Å². The molecule has 0 bridgehead atoms. The van der Waals surface area contributed by atoms with Crippen molar-refractivity contribution in [1.29, 1.82) is 0 Å². The smallest absolute Gasteiger partial charge is 0.224 e. The number of sulfonamides is 1. The van der Waals surface area contributed by atoms with Gasteiger partial charge in [0.25, 0.3) is 10.0 Å². The Labute approximate surface area is 140 Å². The molecule has 23 heavy (non-hydrogen) atoms. The zero-order chi connectivity index (χ0) is 17.1. The van der Waals surface area contributed by atoms with E-state index in [1.54, 1.807) is 36.4 Å². The molecular weight excluding hydrogens is 306 g/mol. The lowest BCUT2D eigenvalue weighted by atomic mass is 10.2. The number of unbranched alkanes of at least 4 members (excludes halogenated alkanes) is 2. The van der Waals surface area contributed by atoms with Crippen LogP contribution in [0.3, 0.4) is 0 Å². The second kappa shape index (κ2) is 9.91. The summed E-state index contributed by atoms with van der Waals surface area (Å²) in [6.07, 6.45) is 8.69. The van der Waals surface area contributed by atoms with Gasteiger partial charge in [0.1, 0.15) is 0 Å². The maximum absolute atomic E-state index is 12.8. The molecule has 0 spiro atoms. The van der Waals surface area contributed by atoms with Gasteiger partial charge in [0, 0.05) is 19.0 Å². The van der Waals surface area contributed by atoms with Gasteiger partial charge < -0.3 is 0 Å². The Morgan fingerprint density at radius 1 is 1.26 bits per heavy atom. The molecule has 0 heterocycles. The van der Waals surface area contributed by atoms with Crippen molar-refractivity contribution in [3.8, 4) is 12.0 Å². The highest BCUT2D eigenvalue weighted by atomic mass is 32.2. The van der Waals surface area contributed by atoms with Crippen LogP contribution in [0.25, 0.3) is 0 Å². The average Bonchev–Trinajstić information content (AvgIpc) is 2.53. The minimum Gasteiger partial charge on any atom is -0.224 e. The lowest BCUT2D eigenvalue weighted by molar-refractivity contribution is 0.514. The molecule has 0 unspecified atom stereocenters. The van der Waals surface area contributed by atoms with Crippen molar-refractivity contribution < 1.29 is 8.42 Å². The van der Waals surface area contributed by atoms with Crippen molar-refractivity contribution in [2.45, 2.75) is 44.4 Å². The topological polar surface area (TPSA) is 37.4 Å². The Morgan fingerprint density at radius 2 is 1.96 bits per heavy atom. The van der Waals surface area contributed by atoms with Gasteiger partial charge in [-0.3, -0.25) is 0 Å². The van der Waals surface area contributed by atoms with Crippen molar-refractivity contribution in [1.82, 2.24) is 4.31 Å². The predicted octanol–water partition coefficient (Wildman–Crippen LogP) is 4.27. The van der Waals surface area contributed by atoms with E-state index in [-0.39, 0.29) is 4.90 Å². The minimum atomic E-state index is -3.59. The largest absolute Gasteiger partial charge is 0.270 e. The number of nitrogens with zero attached hydrogens (tertiary/aromatic N) is 1. The van der Waals surface area contributed by atoms with Crippen molar-refractivity contribution in [2.24, 2.45) is 0 Å². The summed E-state index contributed by atoms with van der Waals surface area (Å²) in [6, 6.07) is 9.68. The van der Waals surface area contributed by atoms with Gasteiger partial charge in [-0.05, 0) is 31.9 Å². The van der Waals surface area contributed by atoms with Gasteiger partial charge in [-0.2, -0.15) is 0 Å². The molecule has 0 aliphatic heterocycles. The zero-order valence-corrected chi connectivity index (χ0v) is 14.8. The first-order valence-electron chi connectivity index (χ1n) is 7.88. The van der Waals surface area contributed by atoms with Crippen molar-refractivity contribution in [3.05, 3.63) is 54.6 Å². The van der Waals surface area contributed by atoms with Crippen molar-refractivity contribution in [2.75, 3.05) is 6.54 Å². The maximum atomic E-state index is 12.8. The summed E-state index contributed by atoms with van der Waals surface area (Å²) in [5, 5.41) is 0. The molecule has 0 saturated heterocycles. The highest BCUT2D eigenvalue weighted by Crippen LogP contribution is 2.16. The van der Waals surface area contributed by atoms with E-state index in [0.717, 1.165) is 18.4 Å². The maximum Gasteiger partial charge on any atom is 0.270 e. The first kappa shape index (κ1) is 19.1. The van der Waals surface area contributed by atoms with E-state index in [9.17, 15) is 8.42 Å². The zero-order valence-electron chi connectivity index (χ0n) is 14.0. The van der Waals surface area contributed by atoms with Gasteiger partial charge >= 0.3 is 0 Å². The molecule has 1 aromatic carbocycles. The normalized spacial score (nSPS) is 11.0. The van der Waals surface area contributed by atoms with Crippen LogP contribution in [0.15, 0.2) is 54.0 Å². The van der Waals surface area contributed by atoms with Crippen LogP contribution < -0.4 is 0 Å². The number of rotatable bonds is 8. The van der Waals surface area contributed by atoms with Gasteiger partial charge in [-0.15, -0.1) is 0 Å². The molecule has 1 rings (SSSR count). The van der Waals surface area contributed by atoms with E-state index in [4.69, 9.17) is 0 Å². The third-order valence-electron chi connectivity index (χ3n) is 3.24. The molecular formula is C19H25NO2S. The molecule has 1 aromatic rings. The van der Waals surface area contributed by atoms with E-state index in [1.165, 1.54) is 4.31 Å². The average molecular weight is 331 g/mol. The Kier molecular flexibility index (Phi) is 8.21. The Morgan fingerprint density at radius 3 is 2.57 bits per heavy atom. The Hall–Kier alpha value is -1.99. The fourth-order valence-electron chi connectivity index (χ4n) is 1.87. The molecule has 0 atom stereocenters. The second-order valence-electron chi connectivity index (χ2n) is 5.23. The third kappa shape index (κ3) is 6.33. The lowest BCUT2D eigenvalue weighted by Crippen LogP contribution is -2.27. The summed E-state index contributed by atoms with van der Waals surface area (Å²) in [7, 11) is -3.59. The molecule has 3 nitrogen and oxygen atoms in total. The summed E-state index contributed by atoms with van der Waals surface area (Å²) in [5.41, 5.74) is 1.03. The fraction of sp³-hybridized carbons (Fsp3) is 0.368. The van der Waals surface area contributed by atoms with Gasteiger partial charge in [-0.25, -0.2) is 12.7 Å². The summed E-state index contributed by atoms with van der Waals surface area (Å²) in [6.45, 7) is 7.95. The van der Waals surface area contributed by atoms with Crippen LogP contribution in [0.1, 0.15) is 38.2 Å². The fourth-order valence-corrected chi connectivity index (χ4v) is 3.13. The summed E-state index contributed by atoms with van der Waals surface area (Å²) in [4.78, 5) is 0.278. The van der Waals surface area contributed by atoms with E-state index in [1.807, 2.05) is 13.0 Å². The quantitative estimate of drug-likeness (QED) is 0.309. The summed E-state index contributed by atoms with van der Waals surface area (Å²) < 4.78 is 26.8. The standard InChI is InChI=1S/C19H25NO2S/c1-4-6-8-10-16-20(17-11-9-7-5-2)23(21,22)19-14-12-18(3)13-15-19/h4,6,8,12-15H,1,5,7,9-10,16H2,2-3H3/b8-6+. The SMILES string of the molecule is C=C/C=C/CCN(C#CCCCC)S(=O)(=O)c1ccc(C)cc1. The van der Waals surface area contributed by atoms with Crippen LogP contribution in [-0.4, -0.2) is 19.3 Å². The first-order valence-corrected chi connectivity index (χ1v) is 9.32. The van der Waals surface area contributed by atoms with Crippen LogP contribution in [0.2, 0.25) is 0 Å². The van der Waals surface area contributed by atoms with E-state index in [0.29, 0.717) is 19.4 Å². The molecule has 0 saturated carbocycles. The molecule has 0 aliphatic rings. The van der Waals surface area contributed by atoms with Crippen LogP contribution in [0, 0.1) is 18.9 Å². The summed E-state index contributed by atoms with van der Waals surface area (Å²) in [5.74, 6) is 2.97. The van der Waals surface area contributed by atoms with E-state index < -0.39 is 10.0 Å². The second-order valence-corrected chi connectivity index (χ2v) is 7.10. The van der Waals surface area contributed by atoms with Crippen molar-refractivity contribution in [3.63, 3.8) is 0 Å². The van der Waals surface area contributed by atoms with Gasteiger partial charge in [0.2, 0.25) is 0 Å². The van der Waals surface area contributed by atoms with Gasteiger partial charge in [0.15, 0.2) is 0 Å². The minimum absolute atomic E-state index is 0.278. The monoisotopic (exact) mass is 331 g/mol. The number of hydrogen-bond acceptors (Lipinski definition) is 2. The molecule has 0 aliphatic carbocycles. The van der Waals surface area contributed by atoms with Crippen LogP contribution in [-0.2, 0) is 10.0 Å². The number of benzene rings is 1. The van der Waals surface area contributed by atoms with E-state index in [2.05, 4.69) is 25.5 Å². The summed E-state index contributed by atoms with van der Waals surface area (Å²) >= 11 is 0. The molecule has 0 aromatic heterocycles. The third-order valence-corrected chi connectivity index (χ3v) is 4.96. The molecule has 124 valence electrons. The Balaban J connectivity index is 2.99. The highest BCUT2D eigenvalue weighted by Gasteiger charge is 2.21. The highest BCUT2D eigenvalue weighted by molar-refractivity contribution is 7.89. The molecule has 4 heteroatoms. The first-order chi connectivity index (χ1) is 11.0. The number of allylic oxidation sites excluding steroid dienone is 2. The number of aryl methyl sites for hydroxylation is 1. The predicted molar refractivity (Wildman–Crippen MR) is 96.3 cm³/mol. The Bertz CT molecular complexity index is 676. The van der Waals surface area contributed by atoms with Gasteiger partial charge in [-0.1, -0.05) is 61.8 Å². The van der Waals surface area contributed by atoms with Crippen LogP contribution in [0.4, 0.5) is 0 Å². The lowest BCUT2D eigenvalue weighted by Gasteiger charge is -2.17. The molecule has 0 radical (unpaired) electrons. The molecule has 0 amide bonds. The van der Waals surface area contributed by atoms with Crippen molar-refractivity contribution >= 4 is 10.0 Å². The van der Waals surface area contributed by atoms with E-state index >= 15 is 0 Å². The number of hydrogen-bond donors (Lipinski definition) is 0. The molecule has 0 fully saturated rings.